The molecule has 0 spiro atoms. The molecule has 2 aromatic carbocycles. The van der Waals surface area contributed by atoms with Crippen molar-refractivity contribution in [2.45, 2.75) is 20.3 Å². The van der Waals surface area contributed by atoms with Crippen LogP contribution >= 0.6 is 38.9 Å². The maximum absolute atomic E-state index is 12.9. The Morgan fingerprint density at radius 2 is 2.00 bits per heavy atom. The smallest absolute Gasteiger partial charge is 0.260 e. The van der Waals surface area contributed by atoms with Crippen molar-refractivity contribution in [3.63, 3.8) is 0 Å². The third-order valence-electron chi connectivity index (χ3n) is 4.44. The summed E-state index contributed by atoms with van der Waals surface area (Å²) in [4.78, 5) is 22.5. The van der Waals surface area contributed by atoms with Crippen LogP contribution in [0.2, 0.25) is 5.02 Å². The summed E-state index contributed by atoms with van der Waals surface area (Å²) in [6.45, 7) is 4.08. The Morgan fingerprint density at radius 1 is 1.19 bits per heavy atom. The van der Waals surface area contributed by atoms with E-state index < -0.39 is 0 Å². The van der Waals surface area contributed by atoms with Crippen molar-refractivity contribution in [2.24, 2.45) is 0 Å². The molecule has 0 fully saturated rings. The fourth-order valence-corrected chi connectivity index (χ4v) is 4.96. The maximum Gasteiger partial charge on any atom is 0.260 e. The normalized spacial score (nSPS) is 11.3. The predicted octanol–water partition coefficient (Wildman–Crippen LogP) is 6.28. The van der Waals surface area contributed by atoms with Gasteiger partial charge in [0.15, 0.2) is 0 Å². The number of H-pyrrole nitrogens is 1. The standard InChI is InChI=1S/C21H16BrClN2OS/c1-11-6-7-16(22)15(8-11)18-12(2)27-21-19(18)20(26)24-17(25-21)10-13-4-3-5-14(23)9-13/h3-9H,10H2,1-2H3,(H,24,25,26). The maximum atomic E-state index is 12.9. The zero-order chi connectivity index (χ0) is 19.1. The van der Waals surface area contributed by atoms with Gasteiger partial charge in [-0.2, -0.15) is 0 Å². The summed E-state index contributed by atoms with van der Waals surface area (Å²) in [6, 6.07) is 13.8. The SMILES string of the molecule is Cc1ccc(Br)c(-c2c(C)sc3nc(Cc4cccc(Cl)c4)[nH]c(=O)c23)c1. The van der Waals surface area contributed by atoms with Gasteiger partial charge in [0.25, 0.3) is 5.56 Å². The van der Waals surface area contributed by atoms with Gasteiger partial charge in [-0.1, -0.05) is 57.4 Å². The van der Waals surface area contributed by atoms with E-state index >= 15 is 0 Å². The lowest BCUT2D eigenvalue weighted by atomic mass is 10.0. The Morgan fingerprint density at radius 3 is 2.78 bits per heavy atom. The highest BCUT2D eigenvalue weighted by atomic mass is 79.9. The fourth-order valence-electron chi connectivity index (χ4n) is 3.24. The van der Waals surface area contributed by atoms with Crippen molar-refractivity contribution in [3.05, 3.63) is 84.1 Å². The Bertz CT molecular complexity index is 1230. The number of fused-ring (bicyclic) bond motifs is 1. The van der Waals surface area contributed by atoms with Gasteiger partial charge in [-0.25, -0.2) is 4.98 Å². The van der Waals surface area contributed by atoms with Crippen LogP contribution in [0.15, 0.2) is 51.7 Å². The van der Waals surface area contributed by atoms with Crippen LogP contribution < -0.4 is 5.56 Å². The molecule has 0 atom stereocenters. The van der Waals surface area contributed by atoms with Crippen LogP contribution in [0.1, 0.15) is 21.8 Å². The lowest BCUT2D eigenvalue weighted by Gasteiger charge is -2.07. The fraction of sp³-hybridized carbons (Fsp3) is 0.143. The quantitative estimate of drug-likeness (QED) is 0.392. The zero-order valence-corrected chi connectivity index (χ0v) is 17.9. The summed E-state index contributed by atoms with van der Waals surface area (Å²) >= 11 is 11.2. The van der Waals surface area contributed by atoms with Crippen LogP contribution in [0.5, 0.6) is 0 Å². The van der Waals surface area contributed by atoms with Crippen molar-refractivity contribution in [2.75, 3.05) is 0 Å². The Hall–Kier alpha value is -1.95. The summed E-state index contributed by atoms with van der Waals surface area (Å²) in [5.41, 5.74) is 4.03. The molecule has 0 aliphatic carbocycles. The number of halogens is 2. The predicted molar refractivity (Wildman–Crippen MR) is 117 cm³/mol. The van der Waals surface area contributed by atoms with Crippen LogP contribution in [0.3, 0.4) is 0 Å². The van der Waals surface area contributed by atoms with Gasteiger partial charge in [-0.05, 0) is 43.2 Å². The van der Waals surface area contributed by atoms with Gasteiger partial charge in [0.05, 0.1) is 5.39 Å². The first kappa shape index (κ1) is 18.4. The molecule has 0 amide bonds. The van der Waals surface area contributed by atoms with Crippen molar-refractivity contribution in [1.29, 1.82) is 0 Å². The second kappa shape index (κ2) is 7.23. The molecular formula is C21H16BrClN2OS. The molecule has 0 radical (unpaired) electrons. The molecule has 6 heteroatoms. The first-order valence-corrected chi connectivity index (χ1v) is 10.4. The summed E-state index contributed by atoms with van der Waals surface area (Å²) in [6.07, 6.45) is 0.534. The lowest BCUT2D eigenvalue weighted by Crippen LogP contribution is -2.11. The van der Waals surface area contributed by atoms with E-state index in [1.54, 1.807) is 11.3 Å². The number of hydrogen-bond acceptors (Lipinski definition) is 3. The molecule has 2 aromatic heterocycles. The minimum absolute atomic E-state index is 0.107. The van der Waals surface area contributed by atoms with E-state index in [1.165, 1.54) is 0 Å². The number of aromatic amines is 1. The molecule has 0 saturated heterocycles. The number of aryl methyl sites for hydroxylation is 2. The molecule has 3 nitrogen and oxygen atoms in total. The van der Waals surface area contributed by atoms with Crippen molar-refractivity contribution in [1.82, 2.24) is 9.97 Å². The number of rotatable bonds is 3. The van der Waals surface area contributed by atoms with E-state index in [4.69, 9.17) is 16.6 Å². The summed E-state index contributed by atoms with van der Waals surface area (Å²) in [5.74, 6) is 0.644. The summed E-state index contributed by atoms with van der Waals surface area (Å²) < 4.78 is 0.971. The minimum Gasteiger partial charge on any atom is -0.310 e. The highest BCUT2D eigenvalue weighted by Gasteiger charge is 2.18. The van der Waals surface area contributed by atoms with Crippen LogP contribution in [-0.4, -0.2) is 9.97 Å². The molecule has 0 aliphatic heterocycles. The van der Waals surface area contributed by atoms with Crippen LogP contribution in [0.4, 0.5) is 0 Å². The highest BCUT2D eigenvalue weighted by molar-refractivity contribution is 9.10. The van der Waals surface area contributed by atoms with Crippen LogP contribution in [0, 0.1) is 13.8 Å². The van der Waals surface area contributed by atoms with Gasteiger partial charge >= 0.3 is 0 Å². The van der Waals surface area contributed by atoms with E-state index in [9.17, 15) is 4.79 Å². The largest absolute Gasteiger partial charge is 0.310 e. The molecular weight excluding hydrogens is 444 g/mol. The molecule has 0 aliphatic rings. The molecule has 0 unspecified atom stereocenters. The minimum atomic E-state index is -0.107. The first-order chi connectivity index (χ1) is 12.9. The van der Waals surface area contributed by atoms with E-state index in [2.05, 4.69) is 27.0 Å². The number of nitrogens with zero attached hydrogens (tertiary/aromatic N) is 1. The van der Waals surface area contributed by atoms with Crippen LogP contribution in [-0.2, 0) is 6.42 Å². The summed E-state index contributed by atoms with van der Waals surface area (Å²) in [7, 11) is 0. The second-order valence-corrected chi connectivity index (χ2v) is 9.01. The third kappa shape index (κ3) is 3.59. The number of aromatic nitrogens is 2. The van der Waals surface area contributed by atoms with E-state index in [1.807, 2.05) is 50.2 Å². The summed E-state index contributed by atoms with van der Waals surface area (Å²) in [5, 5.41) is 1.33. The molecule has 27 heavy (non-hydrogen) atoms. The highest BCUT2D eigenvalue weighted by Crippen LogP contribution is 2.39. The van der Waals surface area contributed by atoms with Crippen molar-refractivity contribution in [3.8, 4) is 11.1 Å². The molecule has 0 bridgehead atoms. The Balaban J connectivity index is 1.86. The molecule has 4 rings (SSSR count). The lowest BCUT2D eigenvalue weighted by molar-refractivity contribution is 0.977. The van der Waals surface area contributed by atoms with Gasteiger partial charge in [0.2, 0.25) is 0 Å². The zero-order valence-electron chi connectivity index (χ0n) is 14.8. The monoisotopic (exact) mass is 458 g/mol. The third-order valence-corrected chi connectivity index (χ3v) is 6.36. The molecule has 136 valence electrons. The molecule has 2 heterocycles. The van der Waals surface area contributed by atoms with Gasteiger partial charge in [-0.15, -0.1) is 11.3 Å². The van der Waals surface area contributed by atoms with Crippen LogP contribution in [0.25, 0.3) is 21.3 Å². The number of thiophene rings is 1. The average Bonchev–Trinajstić information content (AvgIpc) is 2.93. The van der Waals surface area contributed by atoms with Crippen molar-refractivity contribution < 1.29 is 0 Å². The topological polar surface area (TPSA) is 45.8 Å². The molecule has 1 N–H and O–H groups in total. The average molecular weight is 460 g/mol. The number of hydrogen-bond donors (Lipinski definition) is 1. The van der Waals surface area contributed by atoms with Gasteiger partial charge in [0.1, 0.15) is 10.7 Å². The Labute approximate surface area is 174 Å². The molecule has 0 saturated carbocycles. The van der Waals surface area contributed by atoms with Gasteiger partial charge in [0, 0.05) is 26.4 Å². The second-order valence-electron chi connectivity index (χ2n) is 6.52. The van der Waals surface area contributed by atoms with E-state index in [0.29, 0.717) is 22.7 Å². The Kier molecular flexibility index (Phi) is 4.93. The van der Waals surface area contributed by atoms with Gasteiger partial charge in [-0.3, -0.25) is 4.79 Å². The van der Waals surface area contributed by atoms with E-state index in [0.717, 1.165) is 36.4 Å². The van der Waals surface area contributed by atoms with Crippen molar-refractivity contribution >= 4 is 49.1 Å². The number of benzene rings is 2. The van der Waals surface area contributed by atoms with Gasteiger partial charge < -0.3 is 4.98 Å². The number of nitrogens with one attached hydrogen (secondary N) is 1. The first-order valence-electron chi connectivity index (χ1n) is 8.45. The van der Waals surface area contributed by atoms with E-state index in [-0.39, 0.29) is 5.56 Å². The molecule has 4 aromatic rings.